The first-order valence-corrected chi connectivity index (χ1v) is 6.88. The zero-order chi connectivity index (χ0) is 13.5. The van der Waals surface area contributed by atoms with Gasteiger partial charge in [-0.25, -0.2) is 0 Å². The first kappa shape index (κ1) is 13.6. The highest BCUT2D eigenvalue weighted by molar-refractivity contribution is 5.81. The lowest BCUT2D eigenvalue weighted by atomic mass is 10.2. The summed E-state index contributed by atoms with van der Waals surface area (Å²) in [5, 5.41) is 3.30. The number of aromatic nitrogens is 1. The third kappa shape index (κ3) is 4.12. The smallest absolute Gasteiger partial charge is 0.193 e. The molecule has 1 fully saturated rings. The van der Waals surface area contributed by atoms with Gasteiger partial charge in [0.1, 0.15) is 0 Å². The third-order valence-electron chi connectivity index (χ3n) is 3.21. The number of aliphatic imine (C=N–C) groups is 1. The summed E-state index contributed by atoms with van der Waals surface area (Å²) in [5.41, 5.74) is 1.19. The average Bonchev–Trinajstić information content (AvgIpc) is 2.49. The summed E-state index contributed by atoms with van der Waals surface area (Å²) >= 11 is 0. The Bertz CT molecular complexity index is 402. The van der Waals surface area contributed by atoms with Gasteiger partial charge >= 0.3 is 0 Å². The van der Waals surface area contributed by atoms with Crippen LogP contribution in [0.1, 0.15) is 12.8 Å². The number of pyridine rings is 1. The van der Waals surface area contributed by atoms with Crippen molar-refractivity contribution < 1.29 is 0 Å². The van der Waals surface area contributed by atoms with Gasteiger partial charge in [-0.2, -0.15) is 0 Å². The van der Waals surface area contributed by atoms with Crippen LogP contribution in [-0.2, 0) is 0 Å². The van der Waals surface area contributed by atoms with E-state index in [4.69, 9.17) is 0 Å². The van der Waals surface area contributed by atoms with Crippen LogP contribution in [-0.4, -0.2) is 56.1 Å². The van der Waals surface area contributed by atoms with Gasteiger partial charge in [0, 0.05) is 58.4 Å². The maximum atomic E-state index is 4.38. The van der Waals surface area contributed by atoms with Crippen molar-refractivity contribution in [2.75, 3.05) is 45.2 Å². The van der Waals surface area contributed by atoms with Crippen molar-refractivity contribution in [2.45, 2.75) is 12.8 Å². The predicted octanol–water partition coefficient (Wildman–Crippen LogP) is 1.19. The van der Waals surface area contributed by atoms with Gasteiger partial charge in [0.05, 0.1) is 0 Å². The Morgan fingerprint density at radius 1 is 1.16 bits per heavy atom. The van der Waals surface area contributed by atoms with Gasteiger partial charge in [-0.15, -0.1) is 0 Å². The van der Waals surface area contributed by atoms with Gasteiger partial charge < -0.3 is 15.1 Å². The van der Waals surface area contributed by atoms with E-state index in [0.717, 1.165) is 19.0 Å². The molecule has 0 amide bonds. The largest absolute Gasteiger partial charge is 0.378 e. The number of hydrogen-bond acceptors (Lipinski definition) is 5. The number of anilines is 1. The summed E-state index contributed by atoms with van der Waals surface area (Å²) in [4.78, 5) is 12.7. The zero-order valence-corrected chi connectivity index (χ0v) is 11.8. The Morgan fingerprint density at radius 3 is 2.53 bits per heavy atom. The molecule has 0 atom stereocenters. The summed E-state index contributed by atoms with van der Waals surface area (Å²) in [6.45, 7) is 4.52. The van der Waals surface area contributed by atoms with Crippen molar-refractivity contribution in [1.82, 2.24) is 15.2 Å². The second kappa shape index (κ2) is 6.97. The summed E-state index contributed by atoms with van der Waals surface area (Å²) < 4.78 is 0. The SMILES string of the molecule is C1CN=C2NCCCN2C1.CN(C)c1ccncc1. The number of guanidine groups is 1. The molecule has 1 saturated heterocycles. The fourth-order valence-corrected chi connectivity index (χ4v) is 2.15. The molecule has 2 aliphatic heterocycles. The zero-order valence-electron chi connectivity index (χ0n) is 11.8. The molecule has 5 heteroatoms. The van der Waals surface area contributed by atoms with Crippen molar-refractivity contribution in [3.8, 4) is 0 Å². The molecule has 104 valence electrons. The van der Waals surface area contributed by atoms with Gasteiger partial charge in [0.25, 0.3) is 0 Å². The molecule has 2 aliphatic rings. The van der Waals surface area contributed by atoms with Crippen LogP contribution in [0.5, 0.6) is 0 Å². The maximum Gasteiger partial charge on any atom is 0.193 e. The van der Waals surface area contributed by atoms with E-state index < -0.39 is 0 Å². The summed E-state index contributed by atoms with van der Waals surface area (Å²) in [6, 6.07) is 3.94. The lowest BCUT2D eigenvalue weighted by Gasteiger charge is -2.33. The second-order valence-electron chi connectivity index (χ2n) is 4.93. The molecule has 0 radical (unpaired) electrons. The highest BCUT2D eigenvalue weighted by Crippen LogP contribution is 2.06. The Labute approximate surface area is 115 Å². The molecule has 0 aliphatic carbocycles. The highest BCUT2D eigenvalue weighted by atomic mass is 15.3. The summed E-state index contributed by atoms with van der Waals surface area (Å²) in [7, 11) is 4.02. The molecule has 0 saturated carbocycles. The molecule has 3 heterocycles. The topological polar surface area (TPSA) is 43.8 Å². The predicted molar refractivity (Wildman–Crippen MR) is 79.7 cm³/mol. The number of rotatable bonds is 1. The van der Waals surface area contributed by atoms with Crippen molar-refractivity contribution in [3.05, 3.63) is 24.5 Å². The minimum atomic E-state index is 1.01. The summed E-state index contributed by atoms with van der Waals surface area (Å²) in [5.74, 6) is 1.14. The van der Waals surface area contributed by atoms with Gasteiger partial charge in [-0.05, 0) is 25.0 Å². The molecular weight excluding hydrogens is 238 g/mol. The molecular formula is C14H23N5. The van der Waals surface area contributed by atoms with Crippen LogP contribution in [0.3, 0.4) is 0 Å². The quantitative estimate of drug-likeness (QED) is 0.825. The Kier molecular flexibility index (Phi) is 5.01. The first-order chi connectivity index (χ1) is 9.27. The molecule has 0 spiro atoms. The highest BCUT2D eigenvalue weighted by Gasteiger charge is 2.17. The average molecular weight is 261 g/mol. The lowest BCUT2D eigenvalue weighted by Crippen LogP contribution is -2.49. The number of hydrogen-bond donors (Lipinski definition) is 1. The van der Waals surface area contributed by atoms with E-state index in [-0.39, 0.29) is 0 Å². The van der Waals surface area contributed by atoms with Crippen LogP contribution in [0.2, 0.25) is 0 Å². The van der Waals surface area contributed by atoms with Crippen molar-refractivity contribution in [3.63, 3.8) is 0 Å². The van der Waals surface area contributed by atoms with Crippen molar-refractivity contribution in [2.24, 2.45) is 4.99 Å². The number of nitrogens with one attached hydrogen (secondary N) is 1. The molecule has 1 N–H and O–H groups in total. The van der Waals surface area contributed by atoms with Gasteiger partial charge in [0.2, 0.25) is 0 Å². The normalized spacial score (nSPS) is 17.4. The standard InChI is InChI=1S/C7H13N3.C7H10N2/c1-3-8-7-9-4-2-6-10(7)5-1;1-9(2)7-3-5-8-6-4-7/h1-6H2,(H,8,9);3-6H,1-2H3. The van der Waals surface area contributed by atoms with Crippen molar-refractivity contribution >= 4 is 11.6 Å². The van der Waals surface area contributed by atoms with Gasteiger partial charge in [0.15, 0.2) is 5.96 Å². The number of nitrogens with zero attached hydrogens (tertiary/aromatic N) is 4. The van der Waals surface area contributed by atoms with Crippen LogP contribution in [0.25, 0.3) is 0 Å². The molecule has 0 unspecified atom stereocenters. The summed E-state index contributed by atoms with van der Waals surface area (Å²) in [6.07, 6.45) is 6.06. The fraction of sp³-hybridized carbons (Fsp3) is 0.571. The van der Waals surface area contributed by atoms with E-state index >= 15 is 0 Å². The van der Waals surface area contributed by atoms with E-state index in [2.05, 4.69) is 20.2 Å². The van der Waals surface area contributed by atoms with E-state index in [9.17, 15) is 0 Å². The van der Waals surface area contributed by atoms with Crippen LogP contribution < -0.4 is 10.2 Å². The molecule has 19 heavy (non-hydrogen) atoms. The van der Waals surface area contributed by atoms with Crippen LogP contribution >= 0.6 is 0 Å². The van der Waals surface area contributed by atoms with Crippen molar-refractivity contribution in [1.29, 1.82) is 0 Å². The Balaban J connectivity index is 0.000000141. The van der Waals surface area contributed by atoms with Crippen LogP contribution in [0.15, 0.2) is 29.5 Å². The molecule has 1 aromatic rings. The first-order valence-electron chi connectivity index (χ1n) is 6.88. The Hall–Kier alpha value is -1.78. The van der Waals surface area contributed by atoms with Gasteiger partial charge in [-0.1, -0.05) is 0 Å². The van der Waals surface area contributed by atoms with E-state index in [1.54, 1.807) is 12.4 Å². The van der Waals surface area contributed by atoms with E-state index in [0.29, 0.717) is 0 Å². The third-order valence-corrected chi connectivity index (χ3v) is 3.21. The van der Waals surface area contributed by atoms with E-state index in [1.165, 1.54) is 31.6 Å². The lowest BCUT2D eigenvalue weighted by molar-refractivity contribution is 0.346. The van der Waals surface area contributed by atoms with Crippen LogP contribution in [0.4, 0.5) is 5.69 Å². The number of fused-ring (bicyclic) bond motifs is 1. The minimum absolute atomic E-state index is 1.01. The van der Waals surface area contributed by atoms with E-state index in [1.807, 2.05) is 31.1 Å². The molecule has 1 aromatic heterocycles. The second-order valence-corrected chi connectivity index (χ2v) is 4.93. The Morgan fingerprint density at radius 2 is 1.89 bits per heavy atom. The molecule has 5 nitrogen and oxygen atoms in total. The molecule has 0 aromatic carbocycles. The minimum Gasteiger partial charge on any atom is -0.378 e. The maximum absolute atomic E-state index is 4.38. The van der Waals surface area contributed by atoms with Crippen LogP contribution in [0, 0.1) is 0 Å². The monoisotopic (exact) mass is 261 g/mol. The molecule has 0 bridgehead atoms. The fourth-order valence-electron chi connectivity index (χ4n) is 2.15. The van der Waals surface area contributed by atoms with Gasteiger partial charge in [-0.3, -0.25) is 9.98 Å². The molecule has 3 rings (SSSR count).